The van der Waals surface area contributed by atoms with E-state index < -0.39 is 5.60 Å². The lowest BCUT2D eigenvalue weighted by Crippen LogP contribution is -2.41. The molecule has 0 aliphatic carbocycles. The van der Waals surface area contributed by atoms with Gasteiger partial charge in [-0.05, 0) is 19.1 Å². The van der Waals surface area contributed by atoms with Crippen molar-refractivity contribution in [3.8, 4) is 5.75 Å². The Morgan fingerprint density at radius 1 is 1.44 bits per heavy atom. The van der Waals surface area contributed by atoms with Crippen molar-refractivity contribution in [2.24, 2.45) is 0 Å². The average molecular weight is 250 g/mol. The van der Waals surface area contributed by atoms with Crippen molar-refractivity contribution in [3.05, 3.63) is 29.8 Å². The van der Waals surface area contributed by atoms with Crippen LogP contribution < -0.4 is 4.74 Å². The second-order valence-electron chi connectivity index (χ2n) is 4.71. The molecule has 0 amide bonds. The Morgan fingerprint density at radius 2 is 2.17 bits per heavy atom. The van der Waals surface area contributed by atoms with E-state index in [9.17, 15) is 9.90 Å². The third-order valence-corrected chi connectivity index (χ3v) is 3.17. The molecule has 0 unspecified atom stereocenters. The Kier molecular flexibility index (Phi) is 3.99. The third kappa shape index (κ3) is 3.31. The van der Waals surface area contributed by atoms with Crippen LogP contribution >= 0.6 is 0 Å². The molecule has 0 radical (unpaired) electrons. The maximum Gasteiger partial charge on any atom is 0.159 e. The van der Waals surface area contributed by atoms with Gasteiger partial charge in [0.25, 0.3) is 0 Å². The van der Waals surface area contributed by atoms with Crippen LogP contribution in [0.15, 0.2) is 24.3 Å². The first-order valence-corrected chi connectivity index (χ1v) is 6.13. The van der Waals surface area contributed by atoms with Gasteiger partial charge in [-0.3, -0.25) is 4.79 Å². The number of carbonyl (C=O) groups is 1. The van der Waals surface area contributed by atoms with Crippen molar-refractivity contribution in [2.75, 3.05) is 19.8 Å². The van der Waals surface area contributed by atoms with Crippen molar-refractivity contribution >= 4 is 5.78 Å². The zero-order valence-corrected chi connectivity index (χ0v) is 10.5. The summed E-state index contributed by atoms with van der Waals surface area (Å²) in [4.78, 5) is 11.2. The molecule has 1 heterocycles. The Hall–Kier alpha value is -1.39. The highest BCUT2D eigenvalue weighted by Gasteiger charge is 2.30. The molecule has 2 rings (SSSR count). The van der Waals surface area contributed by atoms with E-state index in [1.807, 2.05) is 0 Å². The van der Waals surface area contributed by atoms with E-state index in [1.165, 1.54) is 6.92 Å². The fourth-order valence-corrected chi connectivity index (χ4v) is 1.92. The van der Waals surface area contributed by atoms with Gasteiger partial charge in [0, 0.05) is 31.6 Å². The molecule has 0 saturated carbocycles. The molecule has 0 atom stereocenters. The van der Waals surface area contributed by atoms with E-state index in [4.69, 9.17) is 9.47 Å². The number of ether oxygens (including phenoxy) is 2. The monoisotopic (exact) mass is 250 g/mol. The summed E-state index contributed by atoms with van der Waals surface area (Å²) < 4.78 is 10.8. The summed E-state index contributed by atoms with van der Waals surface area (Å²) in [5.74, 6) is 0.618. The molecule has 1 aromatic carbocycles. The lowest BCUT2D eigenvalue weighted by molar-refractivity contribution is -0.0855. The fourth-order valence-electron chi connectivity index (χ4n) is 1.92. The number of hydrogen-bond acceptors (Lipinski definition) is 4. The summed E-state index contributed by atoms with van der Waals surface area (Å²) in [6, 6.07) is 7.01. The van der Waals surface area contributed by atoms with Gasteiger partial charge >= 0.3 is 0 Å². The molecule has 1 aliphatic rings. The van der Waals surface area contributed by atoms with Crippen molar-refractivity contribution in [1.29, 1.82) is 0 Å². The van der Waals surface area contributed by atoms with Gasteiger partial charge in [-0.25, -0.2) is 0 Å². The molecule has 0 aromatic heterocycles. The van der Waals surface area contributed by atoms with Gasteiger partial charge < -0.3 is 14.6 Å². The highest BCUT2D eigenvalue weighted by molar-refractivity contribution is 5.94. The van der Waals surface area contributed by atoms with Gasteiger partial charge in [-0.15, -0.1) is 0 Å². The molecule has 98 valence electrons. The summed E-state index contributed by atoms with van der Waals surface area (Å²) >= 11 is 0. The lowest BCUT2D eigenvalue weighted by atomic mass is 9.96. The number of ketones is 1. The van der Waals surface area contributed by atoms with Gasteiger partial charge in [0.1, 0.15) is 18.0 Å². The van der Waals surface area contributed by atoms with Crippen LogP contribution in [0.2, 0.25) is 0 Å². The van der Waals surface area contributed by atoms with Gasteiger partial charge in [-0.2, -0.15) is 0 Å². The average Bonchev–Trinajstić information content (AvgIpc) is 2.38. The summed E-state index contributed by atoms with van der Waals surface area (Å²) in [5, 5.41) is 10.2. The van der Waals surface area contributed by atoms with Crippen molar-refractivity contribution in [3.63, 3.8) is 0 Å². The topological polar surface area (TPSA) is 55.8 Å². The minimum atomic E-state index is -0.815. The van der Waals surface area contributed by atoms with Gasteiger partial charge in [0.05, 0.1) is 0 Å². The van der Waals surface area contributed by atoms with E-state index in [-0.39, 0.29) is 12.4 Å². The van der Waals surface area contributed by atoms with Gasteiger partial charge in [0.2, 0.25) is 0 Å². The van der Waals surface area contributed by atoms with E-state index >= 15 is 0 Å². The summed E-state index contributed by atoms with van der Waals surface area (Å²) in [5.41, 5.74) is -0.198. The number of carbonyl (C=O) groups excluding carboxylic acids is 1. The largest absolute Gasteiger partial charge is 0.491 e. The lowest BCUT2D eigenvalue weighted by Gasteiger charge is -2.31. The van der Waals surface area contributed by atoms with Crippen LogP contribution in [0.3, 0.4) is 0 Å². The van der Waals surface area contributed by atoms with Crippen LogP contribution in [0.4, 0.5) is 0 Å². The first kappa shape index (κ1) is 13.1. The van der Waals surface area contributed by atoms with E-state index in [1.54, 1.807) is 24.3 Å². The van der Waals surface area contributed by atoms with E-state index in [0.29, 0.717) is 37.4 Å². The molecule has 1 fully saturated rings. The Labute approximate surface area is 107 Å². The summed E-state index contributed by atoms with van der Waals surface area (Å²) in [7, 11) is 0. The van der Waals surface area contributed by atoms with Crippen LogP contribution in [0, 0.1) is 0 Å². The standard InChI is InChI=1S/C14H18O4/c1-11(15)12-3-2-4-13(9-12)18-10-14(16)5-7-17-8-6-14/h2-4,9,16H,5-8,10H2,1H3. The third-order valence-electron chi connectivity index (χ3n) is 3.17. The second kappa shape index (κ2) is 5.50. The summed E-state index contributed by atoms with van der Waals surface area (Å²) in [6.45, 7) is 2.88. The molecule has 1 N–H and O–H groups in total. The second-order valence-corrected chi connectivity index (χ2v) is 4.71. The number of benzene rings is 1. The number of aliphatic hydroxyl groups is 1. The zero-order valence-electron chi connectivity index (χ0n) is 10.5. The number of rotatable bonds is 4. The highest BCUT2D eigenvalue weighted by atomic mass is 16.5. The van der Waals surface area contributed by atoms with Crippen molar-refractivity contribution in [2.45, 2.75) is 25.4 Å². The van der Waals surface area contributed by atoms with Crippen LogP contribution in [-0.2, 0) is 4.74 Å². The molecular weight excluding hydrogens is 232 g/mol. The van der Waals surface area contributed by atoms with Gasteiger partial charge in [0.15, 0.2) is 5.78 Å². The van der Waals surface area contributed by atoms with Crippen LogP contribution in [0.1, 0.15) is 30.1 Å². The zero-order chi connectivity index (χ0) is 13.0. The Bertz CT molecular complexity index is 422. The maximum absolute atomic E-state index is 11.2. The minimum absolute atomic E-state index is 0.00484. The molecule has 1 aliphatic heterocycles. The normalized spacial score (nSPS) is 18.3. The van der Waals surface area contributed by atoms with E-state index in [2.05, 4.69) is 0 Å². The number of Topliss-reactive ketones (excluding diaryl/α,β-unsaturated/α-hetero) is 1. The SMILES string of the molecule is CC(=O)c1cccc(OCC2(O)CCOCC2)c1. The van der Waals surface area contributed by atoms with Crippen LogP contribution in [0.5, 0.6) is 5.75 Å². The molecule has 0 bridgehead atoms. The van der Waals surface area contributed by atoms with Crippen LogP contribution in [0.25, 0.3) is 0 Å². The fraction of sp³-hybridized carbons (Fsp3) is 0.500. The van der Waals surface area contributed by atoms with Gasteiger partial charge in [-0.1, -0.05) is 12.1 Å². The summed E-state index contributed by atoms with van der Waals surface area (Å²) in [6.07, 6.45) is 1.17. The highest BCUT2D eigenvalue weighted by Crippen LogP contribution is 2.22. The van der Waals surface area contributed by atoms with Crippen molar-refractivity contribution < 1.29 is 19.4 Å². The minimum Gasteiger partial charge on any atom is -0.491 e. The van der Waals surface area contributed by atoms with E-state index in [0.717, 1.165) is 0 Å². The first-order chi connectivity index (χ1) is 8.59. The number of hydrogen-bond donors (Lipinski definition) is 1. The first-order valence-electron chi connectivity index (χ1n) is 6.13. The maximum atomic E-state index is 11.2. The molecule has 18 heavy (non-hydrogen) atoms. The Balaban J connectivity index is 1.97. The predicted octanol–water partition coefficient (Wildman–Crippen LogP) is 1.81. The quantitative estimate of drug-likeness (QED) is 0.828. The molecular formula is C14H18O4. The molecule has 1 aromatic rings. The smallest absolute Gasteiger partial charge is 0.159 e. The molecule has 4 nitrogen and oxygen atoms in total. The van der Waals surface area contributed by atoms with Crippen molar-refractivity contribution in [1.82, 2.24) is 0 Å². The molecule has 4 heteroatoms. The Morgan fingerprint density at radius 3 is 2.83 bits per heavy atom. The molecule has 1 saturated heterocycles. The van der Waals surface area contributed by atoms with Crippen LogP contribution in [-0.4, -0.2) is 36.3 Å². The molecule has 0 spiro atoms. The predicted molar refractivity (Wildman–Crippen MR) is 66.9 cm³/mol.